The van der Waals surface area contributed by atoms with Crippen LogP contribution in [0.25, 0.3) is 0 Å². The molecular weight excluding hydrogens is 222 g/mol. The van der Waals surface area contributed by atoms with E-state index in [0.29, 0.717) is 0 Å². The van der Waals surface area contributed by atoms with Gasteiger partial charge in [0, 0.05) is 16.9 Å². The van der Waals surface area contributed by atoms with Crippen molar-refractivity contribution in [3.8, 4) is 11.8 Å². The normalized spacial score (nSPS) is 9.11. The van der Waals surface area contributed by atoms with Crippen LogP contribution in [-0.4, -0.2) is 6.29 Å². The standard InChI is InChI=1S/C16H13NO/c18-12-5-4-7-14-8-6-11-16(13-14)17-15-9-2-1-3-10-15/h1-3,6,8-13,17H,5H2. The zero-order valence-corrected chi connectivity index (χ0v) is 9.89. The predicted molar refractivity (Wildman–Crippen MR) is 73.7 cm³/mol. The van der Waals surface area contributed by atoms with Gasteiger partial charge in [0.05, 0.1) is 6.42 Å². The van der Waals surface area contributed by atoms with E-state index >= 15 is 0 Å². The third-order valence-corrected chi connectivity index (χ3v) is 2.34. The minimum Gasteiger partial charge on any atom is -0.355 e. The van der Waals surface area contributed by atoms with Gasteiger partial charge in [0.15, 0.2) is 0 Å². The number of hydrogen-bond acceptors (Lipinski definition) is 2. The molecule has 0 unspecified atom stereocenters. The number of para-hydroxylation sites is 1. The third-order valence-electron chi connectivity index (χ3n) is 2.34. The first-order chi connectivity index (χ1) is 8.88. The molecule has 0 amide bonds. The Bertz CT molecular complexity index is 579. The molecule has 2 heteroatoms. The van der Waals surface area contributed by atoms with Gasteiger partial charge in [-0.25, -0.2) is 0 Å². The summed E-state index contributed by atoms with van der Waals surface area (Å²) >= 11 is 0. The first-order valence-corrected chi connectivity index (χ1v) is 5.73. The summed E-state index contributed by atoms with van der Waals surface area (Å²) in [7, 11) is 0. The number of aldehydes is 1. The Morgan fingerprint density at radius 2 is 1.78 bits per heavy atom. The second kappa shape index (κ2) is 6.27. The van der Waals surface area contributed by atoms with Crippen molar-refractivity contribution in [2.24, 2.45) is 0 Å². The number of benzene rings is 2. The van der Waals surface area contributed by atoms with Crippen molar-refractivity contribution in [2.75, 3.05) is 5.32 Å². The molecule has 0 aliphatic rings. The van der Waals surface area contributed by atoms with Gasteiger partial charge in [0.1, 0.15) is 6.29 Å². The van der Waals surface area contributed by atoms with Crippen LogP contribution in [0.4, 0.5) is 11.4 Å². The zero-order chi connectivity index (χ0) is 12.6. The zero-order valence-electron chi connectivity index (χ0n) is 9.89. The van der Waals surface area contributed by atoms with Crippen LogP contribution in [-0.2, 0) is 4.79 Å². The second-order valence-electron chi connectivity index (χ2n) is 3.74. The van der Waals surface area contributed by atoms with Gasteiger partial charge in [0.25, 0.3) is 0 Å². The van der Waals surface area contributed by atoms with E-state index in [0.717, 1.165) is 23.2 Å². The van der Waals surface area contributed by atoms with Crippen LogP contribution in [0.5, 0.6) is 0 Å². The van der Waals surface area contributed by atoms with E-state index in [-0.39, 0.29) is 6.42 Å². The van der Waals surface area contributed by atoms with Crippen LogP contribution in [0.2, 0.25) is 0 Å². The van der Waals surface area contributed by atoms with E-state index in [1.807, 2.05) is 54.6 Å². The van der Waals surface area contributed by atoms with Crippen LogP contribution in [0.1, 0.15) is 12.0 Å². The number of rotatable bonds is 3. The van der Waals surface area contributed by atoms with Gasteiger partial charge in [-0.3, -0.25) is 0 Å². The fraction of sp³-hybridized carbons (Fsp3) is 0.0625. The van der Waals surface area contributed by atoms with Crippen molar-refractivity contribution in [3.05, 3.63) is 60.2 Å². The maximum absolute atomic E-state index is 10.2. The third kappa shape index (κ3) is 3.50. The van der Waals surface area contributed by atoms with Gasteiger partial charge in [-0.05, 0) is 30.3 Å². The quantitative estimate of drug-likeness (QED) is 0.652. The minimum atomic E-state index is 0.274. The van der Waals surface area contributed by atoms with Crippen molar-refractivity contribution in [3.63, 3.8) is 0 Å². The average molecular weight is 235 g/mol. The highest BCUT2D eigenvalue weighted by molar-refractivity contribution is 5.62. The maximum Gasteiger partial charge on any atom is 0.131 e. The Balaban J connectivity index is 2.13. The van der Waals surface area contributed by atoms with Crippen LogP contribution in [0.3, 0.4) is 0 Å². The molecule has 0 fully saturated rings. The lowest BCUT2D eigenvalue weighted by Gasteiger charge is -2.06. The molecule has 88 valence electrons. The molecule has 0 saturated heterocycles. The Hall–Kier alpha value is -2.53. The first kappa shape index (κ1) is 11.9. The summed E-state index contributed by atoms with van der Waals surface area (Å²) in [4.78, 5) is 10.2. The monoisotopic (exact) mass is 235 g/mol. The average Bonchev–Trinajstić information content (AvgIpc) is 2.41. The van der Waals surface area contributed by atoms with Crippen LogP contribution < -0.4 is 5.32 Å². The molecule has 0 aliphatic carbocycles. The van der Waals surface area contributed by atoms with Crippen molar-refractivity contribution >= 4 is 17.7 Å². The highest BCUT2D eigenvalue weighted by Gasteiger charge is 1.94. The summed E-state index contributed by atoms with van der Waals surface area (Å²) in [6.07, 6.45) is 1.08. The molecule has 0 saturated carbocycles. The molecule has 2 nitrogen and oxygen atoms in total. The Labute approximate surface area is 107 Å². The molecule has 0 atom stereocenters. The second-order valence-corrected chi connectivity index (χ2v) is 3.74. The van der Waals surface area contributed by atoms with E-state index < -0.39 is 0 Å². The fourth-order valence-corrected chi connectivity index (χ4v) is 1.56. The molecule has 0 spiro atoms. The molecule has 2 aromatic rings. The molecule has 1 N–H and O–H groups in total. The van der Waals surface area contributed by atoms with Crippen LogP contribution in [0, 0.1) is 11.8 Å². The molecule has 0 aromatic heterocycles. The largest absolute Gasteiger partial charge is 0.355 e. The summed E-state index contributed by atoms with van der Waals surface area (Å²) in [5.74, 6) is 5.75. The van der Waals surface area contributed by atoms with Gasteiger partial charge in [-0.15, -0.1) is 0 Å². The van der Waals surface area contributed by atoms with Crippen molar-refractivity contribution < 1.29 is 4.79 Å². The highest BCUT2D eigenvalue weighted by Crippen LogP contribution is 2.16. The number of hydrogen-bond donors (Lipinski definition) is 1. The number of carbonyl (C=O) groups excluding carboxylic acids is 1. The van der Waals surface area contributed by atoms with Gasteiger partial charge in [0.2, 0.25) is 0 Å². The molecule has 0 bridgehead atoms. The molecular formula is C16H13NO. The Kier molecular flexibility index (Phi) is 4.16. The van der Waals surface area contributed by atoms with E-state index in [9.17, 15) is 4.79 Å². The van der Waals surface area contributed by atoms with E-state index in [2.05, 4.69) is 17.2 Å². The van der Waals surface area contributed by atoms with Gasteiger partial charge >= 0.3 is 0 Å². The molecule has 18 heavy (non-hydrogen) atoms. The maximum atomic E-state index is 10.2. The SMILES string of the molecule is O=CCC#Cc1cccc(Nc2ccccc2)c1. The van der Waals surface area contributed by atoms with E-state index in [4.69, 9.17) is 0 Å². The van der Waals surface area contributed by atoms with Crippen molar-refractivity contribution in [2.45, 2.75) is 6.42 Å². The summed E-state index contributed by atoms with van der Waals surface area (Å²) in [5, 5.41) is 3.30. The number of anilines is 2. The smallest absolute Gasteiger partial charge is 0.131 e. The molecule has 2 rings (SSSR count). The molecule has 0 radical (unpaired) electrons. The van der Waals surface area contributed by atoms with Gasteiger partial charge in [-0.1, -0.05) is 36.1 Å². The topological polar surface area (TPSA) is 29.1 Å². The molecule has 2 aromatic carbocycles. The highest BCUT2D eigenvalue weighted by atomic mass is 16.1. The lowest BCUT2D eigenvalue weighted by Crippen LogP contribution is -1.89. The Morgan fingerprint density at radius 1 is 1.00 bits per heavy atom. The van der Waals surface area contributed by atoms with Gasteiger partial charge in [-0.2, -0.15) is 0 Å². The van der Waals surface area contributed by atoms with E-state index in [1.54, 1.807) is 0 Å². The minimum absolute atomic E-state index is 0.274. The van der Waals surface area contributed by atoms with Crippen molar-refractivity contribution in [1.82, 2.24) is 0 Å². The number of carbonyl (C=O) groups is 1. The first-order valence-electron chi connectivity index (χ1n) is 5.73. The summed E-state index contributed by atoms with van der Waals surface area (Å²) < 4.78 is 0. The predicted octanol–water partition coefficient (Wildman–Crippen LogP) is 3.37. The van der Waals surface area contributed by atoms with Crippen LogP contribution in [0.15, 0.2) is 54.6 Å². The fourth-order valence-electron chi connectivity index (χ4n) is 1.56. The lowest BCUT2D eigenvalue weighted by molar-refractivity contribution is -0.107. The number of nitrogens with one attached hydrogen (secondary N) is 1. The van der Waals surface area contributed by atoms with Gasteiger partial charge < -0.3 is 10.1 Å². The Morgan fingerprint density at radius 3 is 2.56 bits per heavy atom. The molecule has 0 aliphatic heterocycles. The molecule has 0 heterocycles. The summed E-state index contributed by atoms with van der Waals surface area (Å²) in [6.45, 7) is 0. The van der Waals surface area contributed by atoms with E-state index in [1.165, 1.54) is 0 Å². The van der Waals surface area contributed by atoms with Crippen molar-refractivity contribution in [1.29, 1.82) is 0 Å². The van der Waals surface area contributed by atoms with Crippen LogP contribution >= 0.6 is 0 Å². The summed E-state index contributed by atoms with van der Waals surface area (Å²) in [6, 6.07) is 17.8. The summed E-state index contributed by atoms with van der Waals surface area (Å²) in [5.41, 5.74) is 2.92. The lowest BCUT2D eigenvalue weighted by atomic mass is 10.2.